The summed E-state index contributed by atoms with van der Waals surface area (Å²) in [6, 6.07) is 14.3. The van der Waals surface area contributed by atoms with Gasteiger partial charge in [-0.05, 0) is 63.5 Å². The van der Waals surface area contributed by atoms with Crippen LogP contribution in [0.4, 0.5) is 5.69 Å². The fourth-order valence-electron chi connectivity index (χ4n) is 3.07. The Morgan fingerprint density at radius 1 is 1.22 bits per heavy atom. The van der Waals surface area contributed by atoms with Crippen molar-refractivity contribution < 1.29 is 0 Å². The van der Waals surface area contributed by atoms with Gasteiger partial charge in [-0.15, -0.1) is 0 Å². The van der Waals surface area contributed by atoms with Gasteiger partial charge in [-0.3, -0.25) is 10.3 Å². The fourth-order valence-corrected chi connectivity index (χ4v) is 3.98. The summed E-state index contributed by atoms with van der Waals surface area (Å²) in [6.45, 7) is 4.92. The van der Waals surface area contributed by atoms with Crippen LogP contribution in [-0.4, -0.2) is 42.4 Å². The number of hydrogen-bond donors (Lipinski definition) is 2. The number of nitrogens with two attached hydrogens (primary N) is 1. The van der Waals surface area contributed by atoms with Crippen molar-refractivity contribution in [3.05, 3.63) is 63.1 Å². The van der Waals surface area contributed by atoms with Gasteiger partial charge < -0.3 is 10.6 Å². The lowest BCUT2D eigenvalue weighted by Crippen LogP contribution is -2.46. The highest BCUT2D eigenvalue weighted by Gasteiger charge is 2.19. The average Bonchev–Trinajstić information content (AvgIpc) is 2.62. The van der Waals surface area contributed by atoms with Gasteiger partial charge in [-0.1, -0.05) is 29.8 Å². The topological polar surface area (TPSA) is 56.9 Å². The summed E-state index contributed by atoms with van der Waals surface area (Å²) in [4.78, 5) is 4.85. The van der Waals surface area contributed by atoms with Crippen molar-refractivity contribution in [2.45, 2.75) is 6.54 Å². The van der Waals surface area contributed by atoms with Gasteiger partial charge in [0.2, 0.25) is 0 Å². The van der Waals surface area contributed by atoms with Crippen LogP contribution >= 0.6 is 39.7 Å². The minimum atomic E-state index is 0.151. The van der Waals surface area contributed by atoms with E-state index in [1.54, 1.807) is 6.21 Å². The third-order valence-electron chi connectivity index (χ3n) is 4.37. The number of hydrogen-bond acceptors (Lipinski definition) is 4. The Bertz CT molecular complexity index is 837. The van der Waals surface area contributed by atoms with Crippen molar-refractivity contribution in [1.82, 2.24) is 10.3 Å². The van der Waals surface area contributed by atoms with Crippen molar-refractivity contribution in [3.63, 3.8) is 0 Å². The summed E-state index contributed by atoms with van der Waals surface area (Å²) in [5.41, 5.74) is 11.3. The zero-order chi connectivity index (χ0) is 19.2. The molecule has 0 bridgehead atoms. The first-order valence-electron chi connectivity index (χ1n) is 8.61. The molecule has 0 aromatic heterocycles. The average molecular weight is 467 g/mol. The predicted octanol–water partition coefficient (Wildman–Crippen LogP) is 3.59. The molecule has 142 valence electrons. The first kappa shape index (κ1) is 20.1. The highest BCUT2D eigenvalue weighted by Crippen LogP contribution is 2.28. The Kier molecular flexibility index (Phi) is 7.07. The van der Waals surface area contributed by atoms with Crippen LogP contribution in [0.15, 0.2) is 52.0 Å². The van der Waals surface area contributed by atoms with Crippen LogP contribution in [0.3, 0.4) is 0 Å². The van der Waals surface area contributed by atoms with Crippen LogP contribution in [0.1, 0.15) is 11.1 Å². The van der Waals surface area contributed by atoms with E-state index < -0.39 is 0 Å². The number of thiocarbonyl (C=S) groups is 1. The maximum Gasteiger partial charge on any atom is 0.184 e. The first-order valence-corrected chi connectivity index (χ1v) is 10.2. The van der Waals surface area contributed by atoms with E-state index in [4.69, 9.17) is 29.6 Å². The molecule has 1 saturated heterocycles. The van der Waals surface area contributed by atoms with E-state index in [9.17, 15) is 0 Å². The smallest absolute Gasteiger partial charge is 0.184 e. The molecule has 0 atom stereocenters. The van der Waals surface area contributed by atoms with Crippen LogP contribution in [-0.2, 0) is 6.54 Å². The molecule has 0 saturated carbocycles. The van der Waals surface area contributed by atoms with Gasteiger partial charge in [-0.2, -0.15) is 5.10 Å². The molecule has 5 nitrogen and oxygen atoms in total. The van der Waals surface area contributed by atoms with Gasteiger partial charge in [-0.25, -0.2) is 0 Å². The van der Waals surface area contributed by atoms with Crippen molar-refractivity contribution in [1.29, 1.82) is 0 Å². The molecule has 2 aromatic carbocycles. The molecule has 0 spiro atoms. The molecule has 27 heavy (non-hydrogen) atoms. The maximum absolute atomic E-state index is 6.09. The monoisotopic (exact) mass is 465 g/mol. The number of nitrogens with one attached hydrogen (secondary N) is 1. The summed E-state index contributed by atoms with van der Waals surface area (Å²) in [7, 11) is 0. The van der Waals surface area contributed by atoms with E-state index >= 15 is 0 Å². The van der Waals surface area contributed by atoms with Crippen molar-refractivity contribution in [2.24, 2.45) is 10.8 Å². The molecule has 1 aliphatic rings. The largest absolute Gasteiger partial charge is 0.375 e. The van der Waals surface area contributed by atoms with Gasteiger partial charge in [0.05, 0.1) is 11.9 Å². The van der Waals surface area contributed by atoms with E-state index in [-0.39, 0.29) is 5.11 Å². The van der Waals surface area contributed by atoms with Gasteiger partial charge in [0.25, 0.3) is 0 Å². The fraction of sp³-hybridized carbons (Fsp3) is 0.263. The number of hydrazone groups is 1. The second kappa shape index (κ2) is 9.50. The van der Waals surface area contributed by atoms with Crippen molar-refractivity contribution in [3.8, 4) is 0 Å². The molecular weight excluding hydrogens is 446 g/mol. The summed E-state index contributed by atoms with van der Waals surface area (Å²) in [5, 5.41) is 4.93. The summed E-state index contributed by atoms with van der Waals surface area (Å²) >= 11 is 14.5. The molecule has 0 aliphatic carbocycles. The molecule has 3 N–H and O–H groups in total. The number of rotatable bonds is 5. The molecule has 0 radical (unpaired) electrons. The zero-order valence-corrected chi connectivity index (χ0v) is 17.9. The lowest BCUT2D eigenvalue weighted by molar-refractivity contribution is 0.250. The van der Waals surface area contributed by atoms with Crippen molar-refractivity contribution >= 4 is 56.8 Å². The Balaban J connectivity index is 1.57. The van der Waals surface area contributed by atoms with E-state index in [0.717, 1.165) is 47.8 Å². The van der Waals surface area contributed by atoms with Crippen molar-refractivity contribution in [2.75, 3.05) is 31.1 Å². The van der Waals surface area contributed by atoms with Crippen LogP contribution < -0.4 is 16.1 Å². The lowest BCUT2D eigenvalue weighted by atomic mass is 10.1. The van der Waals surface area contributed by atoms with Gasteiger partial charge >= 0.3 is 0 Å². The van der Waals surface area contributed by atoms with E-state index in [2.05, 4.69) is 48.4 Å². The summed E-state index contributed by atoms with van der Waals surface area (Å²) in [6.07, 6.45) is 1.69. The molecular formula is C19H21BrClN5S. The molecule has 1 heterocycles. The maximum atomic E-state index is 6.09. The molecule has 2 aromatic rings. The van der Waals surface area contributed by atoms with Crippen LogP contribution in [0.25, 0.3) is 0 Å². The number of halogens is 2. The SMILES string of the molecule is NC(=S)N/N=C/c1ccc(N2CCN(Cc3cccc(Cl)c3)CC2)c(Br)c1. The van der Waals surface area contributed by atoms with Gasteiger partial charge in [0.15, 0.2) is 5.11 Å². The number of nitrogens with zero attached hydrogens (tertiary/aromatic N) is 3. The number of piperazine rings is 1. The van der Waals surface area contributed by atoms with Gasteiger partial charge in [0.1, 0.15) is 0 Å². The second-order valence-corrected chi connectivity index (χ2v) is 8.07. The Hall–Kier alpha value is -1.67. The minimum Gasteiger partial charge on any atom is -0.375 e. The third-order valence-corrected chi connectivity index (χ3v) is 5.33. The third kappa shape index (κ3) is 5.90. The predicted molar refractivity (Wildman–Crippen MR) is 121 cm³/mol. The Labute approximate surface area is 178 Å². The highest BCUT2D eigenvalue weighted by molar-refractivity contribution is 9.10. The molecule has 1 fully saturated rings. The van der Waals surface area contributed by atoms with Crippen LogP contribution in [0, 0.1) is 0 Å². The summed E-state index contributed by atoms with van der Waals surface area (Å²) in [5.74, 6) is 0. The molecule has 8 heteroatoms. The molecule has 0 unspecified atom stereocenters. The number of benzene rings is 2. The lowest BCUT2D eigenvalue weighted by Gasteiger charge is -2.36. The molecule has 1 aliphatic heterocycles. The van der Waals surface area contributed by atoms with Gasteiger partial charge in [0, 0.05) is 42.2 Å². The molecule has 0 amide bonds. The molecule has 3 rings (SSSR count). The Morgan fingerprint density at radius 2 is 2.00 bits per heavy atom. The first-order chi connectivity index (χ1) is 13.0. The van der Waals surface area contributed by atoms with E-state index in [0.29, 0.717) is 0 Å². The standard InChI is InChI=1S/C19H21BrClN5S/c20-17-11-14(12-23-24-19(22)27)4-5-18(17)26-8-6-25(7-9-26)13-15-2-1-3-16(21)10-15/h1-5,10-12H,6-9,13H2,(H3,22,24,27)/b23-12+. The normalized spacial score (nSPS) is 15.3. The highest BCUT2D eigenvalue weighted by atomic mass is 79.9. The zero-order valence-electron chi connectivity index (χ0n) is 14.7. The number of anilines is 1. The van der Waals surface area contributed by atoms with E-state index in [1.165, 1.54) is 11.3 Å². The Morgan fingerprint density at radius 3 is 2.67 bits per heavy atom. The summed E-state index contributed by atoms with van der Waals surface area (Å²) < 4.78 is 1.05. The van der Waals surface area contributed by atoms with E-state index in [1.807, 2.05) is 30.3 Å². The minimum absolute atomic E-state index is 0.151. The quantitative estimate of drug-likeness (QED) is 0.401. The van der Waals surface area contributed by atoms with Crippen LogP contribution in [0.5, 0.6) is 0 Å². The van der Waals surface area contributed by atoms with Crippen LogP contribution in [0.2, 0.25) is 5.02 Å². The second-order valence-electron chi connectivity index (χ2n) is 6.34.